The van der Waals surface area contributed by atoms with Gasteiger partial charge in [0.1, 0.15) is 4.90 Å². The quantitative estimate of drug-likeness (QED) is 0.851. The number of H-pyrrole nitrogens is 1. The van der Waals surface area contributed by atoms with E-state index in [9.17, 15) is 8.42 Å². The number of aromatic amines is 1. The predicted molar refractivity (Wildman–Crippen MR) is 71.4 cm³/mol. The van der Waals surface area contributed by atoms with Gasteiger partial charge in [-0.15, -0.1) is 12.4 Å². The van der Waals surface area contributed by atoms with E-state index in [0.29, 0.717) is 18.8 Å². The Balaban J connectivity index is 0.00000162. The molecule has 1 unspecified atom stereocenters. The van der Waals surface area contributed by atoms with Crippen LogP contribution in [0.4, 0.5) is 0 Å². The van der Waals surface area contributed by atoms with Gasteiger partial charge in [0.15, 0.2) is 0 Å². The van der Waals surface area contributed by atoms with Gasteiger partial charge in [0.2, 0.25) is 10.0 Å². The number of aryl methyl sites for hydroxylation is 1. The molecule has 0 amide bonds. The number of halogens is 1. The van der Waals surface area contributed by atoms with Crippen LogP contribution >= 0.6 is 12.4 Å². The zero-order valence-corrected chi connectivity index (χ0v) is 12.1. The number of aromatic nitrogens is 2. The molecule has 0 bridgehead atoms. The fourth-order valence-corrected chi connectivity index (χ4v) is 3.78. The van der Waals surface area contributed by atoms with E-state index >= 15 is 0 Å². The van der Waals surface area contributed by atoms with Crippen molar-refractivity contribution in [2.75, 3.05) is 20.1 Å². The summed E-state index contributed by atoms with van der Waals surface area (Å²) < 4.78 is 26.3. The van der Waals surface area contributed by atoms with Crippen LogP contribution in [-0.2, 0) is 10.0 Å². The monoisotopic (exact) mass is 294 g/mol. The van der Waals surface area contributed by atoms with Crippen molar-refractivity contribution < 1.29 is 8.42 Å². The Hall–Kier alpha value is -0.630. The fraction of sp³-hybridized carbons (Fsp3) is 0.700. The zero-order valence-electron chi connectivity index (χ0n) is 10.5. The molecule has 0 radical (unpaired) electrons. The van der Waals surface area contributed by atoms with E-state index in [2.05, 4.69) is 15.5 Å². The average molecular weight is 295 g/mol. The summed E-state index contributed by atoms with van der Waals surface area (Å²) >= 11 is 0. The molecular formula is C10H19ClN4O2S. The molecule has 2 heterocycles. The summed E-state index contributed by atoms with van der Waals surface area (Å²) in [4.78, 5) is 0.286. The first-order valence-corrected chi connectivity index (χ1v) is 7.17. The maximum Gasteiger partial charge on any atom is 0.246 e. The van der Waals surface area contributed by atoms with Crippen LogP contribution < -0.4 is 5.32 Å². The lowest BCUT2D eigenvalue weighted by atomic mass is 10.1. The highest BCUT2D eigenvalue weighted by Gasteiger charge is 2.31. The van der Waals surface area contributed by atoms with Gasteiger partial charge >= 0.3 is 0 Å². The molecule has 2 rings (SSSR count). The van der Waals surface area contributed by atoms with E-state index < -0.39 is 10.0 Å². The fourth-order valence-electron chi connectivity index (χ4n) is 2.14. The Labute approximate surface area is 114 Å². The van der Waals surface area contributed by atoms with Crippen molar-refractivity contribution in [3.63, 3.8) is 0 Å². The van der Waals surface area contributed by atoms with Crippen molar-refractivity contribution in [1.82, 2.24) is 19.8 Å². The normalized spacial score (nSPS) is 21.6. The first-order chi connectivity index (χ1) is 8.05. The highest BCUT2D eigenvalue weighted by molar-refractivity contribution is 7.89. The van der Waals surface area contributed by atoms with Crippen LogP contribution in [0.3, 0.4) is 0 Å². The van der Waals surface area contributed by atoms with E-state index in [1.807, 2.05) is 7.05 Å². The summed E-state index contributed by atoms with van der Waals surface area (Å²) in [6.45, 7) is 2.84. The molecule has 1 aromatic rings. The number of likely N-dealkylation sites (N-methyl/N-ethyl adjacent to an activating group) is 1. The van der Waals surface area contributed by atoms with E-state index in [0.717, 1.165) is 12.8 Å². The standard InChI is InChI=1S/C10H18N4O2S.ClH/c1-8-10(6-12-13-8)17(15,16)14-5-3-4-9(7-14)11-2;/h6,9,11H,3-5,7H2,1-2H3,(H,12,13);1H. The second-order valence-corrected chi connectivity index (χ2v) is 6.26. The zero-order chi connectivity index (χ0) is 12.5. The van der Waals surface area contributed by atoms with Gasteiger partial charge in [-0.05, 0) is 26.8 Å². The molecule has 0 aliphatic carbocycles. The summed E-state index contributed by atoms with van der Waals surface area (Å²) in [7, 11) is -1.53. The maximum atomic E-state index is 12.4. The number of piperidine rings is 1. The summed E-state index contributed by atoms with van der Waals surface area (Å²) in [5.74, 6) is 0. The van der Waals surface area contributed by atoms with Gasteiger partial charge in [0, 0.05) is 19.1 Å². The summed E-state index contributed by atoms with van der Waals surface area (Å²) in [6, 6.07) is 0.241. The average Bonchev–Trinajstić information content (AvgIpc) is 2.76. The second kappa shape index (κ2) is 6.01. The molecule has 0 spiro atoms. The molecule has 0 aromatic carbocycles. The number of sulfonamides is 1. The molecule has 1 saturated heterocycles. The van der Waals surface area contributed by atoms with Crippen molar-refractivity contribution in [2.45, 2.75) is 30.7 Å². The third kappa shape index (κ3) is 2.85. The Morgan fingerprint density at radius 1 is 1.56 bits per heavy atom. The largest absolute Gasteiger partial charge is 0.316 e. The Bertz CT molecular complexity index is 488. The molecule has 104 valence electrons. The van der Waals surface area contributed by atoms with Gasteiger partial charge in [-0.2, -0.15) is 9.40 Å². The molecule has 1 aliphatic rings. The van der Waals surface area contributed by atoms with Crippen molar-refractivity contribution >= 4 is 22.4 Å². The highest BCUT2D eigenvalue weighted by atomic mass is 35.5. The molecule has 1 aliphatic heterocycles. The predicted octanol–water partition coefficient (Wildman–Crippen LogP) is 0.512. The van der Waals surface area contributed by atoms with Crippen LogP contribution in [0.25, 0.3) is 0 Å². The minimum Gasteiger partial charge on any atom is -0.316 e. The topological polar surface area (TPSA) is 78.1 Å². The van der Waals surface area contributed by atoms with E-state index in [4.69, 9.17) is 0 Å². The van der Waals surface area contributed by atoms with Gasteiger partial charge in [0.25, 0.3) is 0 Å². The lowest BCUT2D eigenvalue weighted by molar-refractivity contribution is 0.293. The summed E-state index contributed by atoms with van der Waals surface area (Å²) in [5.41, 5.74) is 0.594. The Kier molecular flexibility index (Phi) is 5.15. The van der Waals surface area contributed by atoms with Crippen molar-refractivity contribution in [3.05, 3.63) is 11.9 Å². The Morgan fingerprint density at radius 3 is 2.83 bits per heavy atom. The minimum absolute atomic E-state index is 0. The molecule has 18 heavy (non-hydrogen) atoms. The van der Waals surface area contributed by atoms with Crippen molar-refractivity contribution in [2.24, 2.45) is 0 Å². The van der Waals surface area contributed by atoms with Gasteiger partial charge in [-0.3, -0.25) is 5.10 Å². The molecule has 2 N–H and O–H groups in total. The molecule has 8 heteroatoms. The second-order valence-electron chi connectivity index (χ2n) is 4.35. The number of hydrogen-bond donors (Lipinski definition) is 2. The molecule has 1 atom stereocenters. The molecule has 1 aromatic heterocycles. The summed E-state index contributed by atoms with van der Waals surface area (Å²) in [5, 5.41) is 9.58. The number of rotatable bonds is 3. The van der Waals surface area contributed by atoms with Gasteiger partial charge in [-0.25, -0.2) is 8.42 Å². The van der Waals surface area contributed by atoms with E-state index in [1.165, 1.54) is 10.5 Å². The third-order valence-corrected chi connectivity index (χ3v) is 5.17. The van der Waals surface area contributed by atoms with E-state index in [1.54, 1.807) is 6.92 Å². The van der Waals surface area contributed by atoms with Crippen LogP contribution in [0.1, 0.15) is 18.5 Å². The first-order valence-electron chi connectivity index (χ1n) is 5.73. The molecular weight excluding hydrogens is 276 g/mol. The smallest absolute Gasteiger partial charge is 0.246 e. The maximum absolute atomic E-state index is 12.4. The highest BCUT2D eigenvalue weighted by Crippen LogP contribution is 2.21. The molecule has 1 fully saturated rings. The van der Waals surface area contributed by atoms with Crippen LogP contribution in [0.5, 0.6) is 0 Å². The van der Waals surface area contributed by atoms with Crippen LogP contribution in [0, 0.1) is 6.92 Å². The van der Waals surface area contributed by atoms with E-state index in [-0.39, 0.29) is 23.3 Å². The van der Waals surface area contributed by atoms with Crippen molar-refractivity contribution in [3.8, 4) is 0 Å². The SMILES string of the molecule is CNC1CCCN(S(=O)(=O)c2cn[nH]c2C)C1.Cl. The Morgan fingerprint density at radius 2 is 2.28 bits per heavy atom. The van der Waals surface area contributed by atoms with Gasteiger partial charge in [-0.1, -0.05) is 0 Å². The number of nitrogens with zero attached hydrogens (tertiary/aromatic N) is 2. The molecule has 0 saturated carbocycles. The number of nitrogens with one attached hydrogen (secondary N) is 2. The van der Waals surface area contributed by atoms with Crippen LogP contribution in [-0.4, -0.2) is 49.1 Å². The third-order valence-electron chi connectivity index (χ3n) is 3.19. The van der Waals surface area contributed by atoms with Crippen molar-refractivity contribution in [1.29, 1.82) is 0 Å². The molecule has 6 nitrogen and oxygen atoms in total. The van der Waals surface area contributed by atoms with Gasteiger partial charge in [0.05, 0.1) is 11.9 Å². The lowest BCUT2D eigenvalue weighted by Crippen LogP contribution is -2.46. The summed E-state index contributed by atoms with van der Waals surface area (Å²) in [6.07, 6.45) is 3.29. The number of hydrogen-bond acceptors (Lipinski definition) is 4. The minimum atomic E-state index is -3.39. The first kappa shape index (κ1) is 15.4. The lowest BCUT2D eigenvalue weighted by Gasteiger charge is -2.31. The van der Waals surface area contributed by atoms with Gasteiger partial charge < -0.3 is 5.32 Å². The van der Waals surface area contributed by atoms with Crippen LogP contribution in [0.2, 0.25) is 0 Å². The van der Waals surface area contributed by atoms with Crippen LogP contribution in [0.15, 0.2) is 11.1 Å².